The molecule has 6 heteroatoms. The molecule has 0 bridgehead atoms. The standard InChI is InChI=1S/C22H26BrNO4/c1-4-27-22(26)17-8-5-6-9-19(17)24-21(25)10-7-13-28-20-12-11-16(15(2)3)14-18(20)23/h5-6,8-9,11-12,14-15H,4,7,10,13H2,1-3H3,(H,24,25). The van der Waals surface area contributed by atoms with Gasteiger partial charge in [0.25, 0.3) is 0 Å². The van der Waals surface area contributed by atoms with E-state index in [9.17, 15) is 9.59 Å². The second-order valence-corrected chi connectivity index (χ2v) is 7.47. The number of amides is 1. The molecule has 0 heterocycles. The summed E-state index contributed by atoms with van der Waals surface area (Å²) in [5.74, 6) is 0.593. The van der Waals surface area contributed by atoms with E-state index in [1.165, 1.54) is 5.56 Å². The molecular formula is C22H26BrNO4. The van der Waals surface area contributed by atoms with Gasteiger partial charge in [-0.05, 0) is 65.0 Å². The molecule has 2 aromatic rings. The van der Waals surface area contributed by atoms with Gasteiger partial charge in [-0.15, -0.1) is 0 Å². The normalized spacial score (nSPS) is 10.6. The maximum atomic E-state index is 12.2. The number of nitrogens with one attached hydrogen (secondary N) is 1. The molecule has 0 atom stereocenters. The number of esters is 1. The number of rotatable bonds is 9. The SMILES string of the molecule is CCOC(=O)c1ccccc1NC(=O)CCCOc1ccc(C(C)C)cc1Br. The van der Waals surface area contributed by atoms with Crippen LogP contribution in [0.5, 0.6) is 5.75 Å². The van der Waals surface area contributed by atoms with E-state index < -0.39 is 5.97 Å². The van der Waals surface area contributed by atoms with Crippen LogP contribution in [0.2, 0.25) is 0 Å². The van der Waals surface area contributed by atoms with Crippen molar-refractivity contribution in [3.63, 3.8) is 0 Å². The number of hydrogen-bond acceptors (Lipinski definition) is 4. The highest BCUT2D eigenvalue weighted by Gasteiger charge is 2.14. The molecule has 0 fully saturated rings. The summed E-state index contributed by atoms with van der Waals surface area (Å²) in [7, 11) is 0. The highest BCUT2D eigenvalue weighted by molar-refractivity contribution is 9.10. The smallest absolute Gasteiger partial charge is 0.340 e. The molecule has 0 aromatic heterocycles. The van der Waals surface area contributed by atoms with E-state index in [2.05, 4.69) is 41.2 Å². The molecule has 0 aliphatic rings. The molecule has 1 N–H and O–H groups in total. The predicted molar refractivity (Wildman–Crippen MR) is 114 cm³/mol. The number of halogens is 1. The van der Waals surface area contributed by atoms with Crippen LogP contribution in [-0.2, 0) is 9.53 Å². The van der Waals surface area contributed by atoms with Crippen LogP contribution in [0.3, 0.4) is 0 Å². The third-order valence-electron chi connectivity index (χ3n) is 4.12. The molecular weight excluding hydrogens is 422 g/mol. The average molecular weight is 448 g/mol. The van der Waals surface area contributed by atoms with Gasteiger partial charge in [-0.25, -0.2) is 4.79 Å². The van der Waals surface area contributed by atoms with Crippen LogP contribution in [0.1, 0.15) is 55.5 Å². The summed E-state index contributed by atoms with van der Waals surface area (Å²) in [6.45, 7) is 6.73. The molecule has 2 aromatic carbocycles. The van der Waals surface area contributed by atoms with Gasteiger partial charge in [0, 0.05) is 6.42 Å². The Kier molecular flexibility index (Phi) is 8.51. The predicted octanol–water partition coefficient (Wildman–Crippen LogP) is 5.55. The molecule has 5 nitrogen and oxygen atoms in total. The highest BCUT2D eigenvalue weighted by Crippen LogP contribution is 2.29. The van der Waals surface area contributed by atoms with Crippen LogP contribution in [0.25, 0.3) is 0 Å². The lowest BCUT2D eigenvalue weighted by molar-refractivity contribution is -0.116. The first-order valence-corrected chi connectivity index (χ1v) is 10.2. The fourth-order valence-corrected chi connectivity index (χ4v) is 3.11. The van der Waals surface area contributed by atoms with Crippen molar-refractivity contribution < 1.29 is 19.1 Å². The van der Waals surface area contributed by atoms with Gasteiger partial charge in [-0.1, -0.05) is 32.0 Å². The van der Waals surface area contributed by atoms with Crippen molar-refractivity contribution in [2.24, 2.45) is 0 Å². The van der Waals surface area contributed by atoms with E-state index in [4.69, 9.17) is 9.47 Å². The van der Waals surface area contributed by atoms with Crippen LogP contribution in [0.4, 0.5) is 5.69 Å². The van der Waals surface area contributed by atoms with Crippen LogP contribution >= 0.6 is 15.9 Å². The molecule has 0 aliphatic carbocycles. The lowest BCUT2D eigenvalue weighted by Gasteiger charge is -2.12. The number of benzene rings is 2. The zero-order chi connectivity index (χ0) is 20.5. The zero-order valence-corrected chi connectivity index (χ0v) is 18.0. The summed E-state index contributed by atoms with van der Waals surface area (Å²) in [6, 6.07) is 12.9. The van der Waals surface area contributed by atoms with Crippen molar-refractivity contribution in [1.29, 1.82) is 0 Å². The third kappa shape index (κ3) is 6.37. The topological polar surface area (TPSA) is 64.6 Å². The van der Waals surface area contributed by atoms with Crippen LogP contribution in [0.15, 0.2) is 46.9 Å². The maximum Gasteiger partial charge on any atom is 0.340 e. The Morgan fingerprint density at radius 1 is 1.14 bits per heavy atom. The van der Waals surface area contributed by atoms with Gasteiger partial charge in [0.05, 0.1) is 28.9 Å². The molecule has 0 unspecified atom stereocenters. The number of carbonyl (C=O) groups excluding carboxylic acids is 2. The summed E-state index contributed by atoms with van der Waals surface area (Å²) < 4.78 is 11.7. The summed E-state index contributed by atoms with van der Waals surface area (Å²) in [5.41, 5.74) is 2.04. The first-order valence-electron chi connectivity index (χ1n) is 9.40. The second kappa shape index (κ2) is 10.9. The Bertz CT molecular complexity index is 820. The Balaban J connectivity index is 1.83. The minimum absolute atomic E-state index is 0.172. The average Bonchev–Trinajstić information content (AvgIpc) is 2.66. The second-order valence-electron chi connectivity index (χ2n) is 6.61. The molecule has 150 valence electrons. The summed E-state index contributed by atoms with van der Waals surface area (Å²) in [4.78, 5) is 24.2. The van der Waals surface area contributed by atoms with Crippen molar-refractivity contribution in [1.82, 2.24) is 0 Å². The van der Waals surface area contributed by atoms with Gasteiger partial charge in [-0.3, -0.25) is 4.79 Å². The molecule has 2 rings (SSSR count). The number of carbonyl (C=O) groups is 2. The fraction of sp³-hybridized carbons (Fsp3) is 0.364. The first kappa shape index (κ1) is 22.0. The Hall–Kier alpha value is -2.34. The lowest BCUT2D eigenvalue weighted by atomic mass is 10.0. The fourth-order valence-electron chi connectivity index (χ4n) is 2.60. The Labute approximate surface area is 174 Å². The van der Waals surface area contributed by atoms with E-state index in [-0.39, 0.29) is 12.5 Å². The van der Waals surface area contributed by atoms with Crippen LogP contribution in [-0.4, -0.2) is 25.1 Å². The van der Waals surface area contributed by atoms with Crippen LogP contribution in [0, 0.1) is 0 Å². The van der Waals surface area contributed by atoms with Gasteiger partial charge < -0.3 is 14.8 Å². The molecule has 0 spiro atoms. The summed E-state index contributed by atoms with van der Waals surface area (Å²) in [6.07, 6.45) is 0.852. The monoisotopic (exact) mass is 447 g/mol. The van der Waals surface area contributed by atoms with Gasteiger partial charge in [-0.2, -0.15) is 0 Å². The molecule has 0 saturated heterocycles. The quantitative estimate of drug-likeness (QED) is 0.404. The molecule has 0 saturated carbocycles. The number of ether oxygens (including phenoxy) is 2. The van der Waals surface area contributed by atoms with Gasteiger partial charge in [0.15, 0.2) is 0 Å². The van der Waals surface area contributed by atoms with Crippen molar-refractivity contribution in [3.05, 3.63) is 58.1 Å². The number of para-hydroxylation sites is 1. The van der Waals surface area contributed by atoms with Gasteiger partial charge >= 0.3 is 5.97 Å². The minimum Gasteiger partial charge on any atom is -0.492 e. The Morgan fingerprint density at radius 3 is 2.57 bits per heavy atom. The van der Waals surface area contributed by atoms with Crippen LogP contribution < -0.4 is 10.1 Å². The van der Waals surface area contributed by atoms with E-state index >= 15 is 0 Å². The molecule has 1 amide bonds. The van der Waals surface area contributed by atoms with Crippen molar-refractivity contribution in [2.45, 2.75) is 39.5 Å². The number of hydrogen-bond donors (Lipinski definition) is 1. The van der Waals surface area contributed by atoms with Crippen molar-refractivity contribution >= 4 is 33.5 Å². The third-order valence-corrected chi connectivity index (χ3v) is 4.74. The van der Waals surface area contributed by atoms with Crippen molar-refractivity contribution in [2.75, 3.05) is 18.5 Å². The minimum atomic E-state index is -0.448. The Morgan fingerprint density at radius 2 is 1.89 bits per heavy atom. The van der Waals surface area contributed by atoms with Gasteiger partial charge in [0.1, 0.15) is 5.75 Å². The first-order chi connectivity index (χ1) is 13.4. The molecule has 0 radical (unpaired) electrons. The van der Waals surface area contributed by atoms with Crippen molar-refractivity contribution in [3.8, 4) is 5.75 Å². The van der Waals surface area contributed by atoms with E-state index in [1.54, 1.807) is 31.2 Å². The van der Waals surface area contributed by atoms with E-state index in [1.807, 2.05) is 12.1 Å². The summed E-state index contributed by atoms with van der Waals surface area (Å²) >= 11 is 3.53. The molecule has 0 aliphatic heterocycles. The molecule has 28 heavy (non-hydrogen) atoms. The number of anilines is 1. The summed E-state index contributed by atoms with van der Waals surface area (Å²) in [5, 5.41) is 2.78. The maximum absolute atomic E-state index is 12.2. The van der Waals surface area contributed by atoms with E-state index in [0.29, 0.717) is 36.6 Å². The largest absolute Gasteiger partial charge is 0.492 e. The highest BCUT2D eigenvalue weighted by atomic mass is 79.9. The lowest BCUT2D eigenvalue weighted by Crippen LogP contribution is -2.16. The van der Waals surface area contributed by atoms with Gasteiger partial charge in [0.2, 0.25) is 5.91 Å². The zero-order valence-electron chi connectivity index (χ0n) is 16.5. The van der Waals surface area contributed by atoms with E-state index in [0.717, 1.165) is 10.2 Å².